The summed E-state index contributed by atoms with van der Waals surface area (Å²) < 4.78 is 0. The number of nitrogens with two attached hydrogens (primary N) is 1. The first-order valence-corrected chi connectivity index (χ1v) is 4.71. The molecule has 1 aromatic rings. The molecule has 0 spiro atoms. The molecule has 0 saturated carbocycles. The van der Waals surface area contributed by atoms with Crippen LogP contribution >= 0.6 is 0 Å². The summed E-state index contributed by atoms with van der Waals surface area (Å²) in [7, 11) is 0. The zero-order valence-corrected chi connectivity index (χ0v) is 7.89. The molecule has 0 bridgehead atoms. The summed E-state index contributed by atoms with van der Waals surface area (Å²) in [6, 6.07) is 3.69. The smallest absolute Gasteiger partial charge is 0.227 e. The normalized spacial score (nSPS) is 21.6. The van der Waals surface area contributed by atoms with E-state index in [2.05, 4.69) is 4.98 Å². The van der Waals surface area contributed by atoms with E-state index in [0.29, 0.717) is 18.9 Å². The van der Waals surface area contributed by atoms with E-state index in [-0.39, 0.29) is 5.91 Å². The van der Waals surface area contributed by atoms with Crippen LogP contribution in [0.5, 0.6) is 0 Å². The highest BCUT2D eigenvalue weighted by atomic mass is 16.2. The number of pyridine rings is 1. The number of amides is 1. The van der Waals surface area contributed by atoms with Gasteiger partial charge in [-0.3, -0.25) is 9.78 Å². The van der Waals surface area contributed by atoms with Gasteiger partial charge >= 0.3 is 0 Å². The zero-order valence-electron chi connectivity index (χ0n) is 7.89. The summed E-state index contributed by atoms with van der Waals surface area (Å²) in [4.78, 5) is 17.3. The molecule has 2 heterocycles. The van der Waals surface area contributed by atoms with Gasteiger partial charge in [0.15, 0.2) is 0 Å². The third-order valence-electron chi connectivity index (χ3n) is 2.51. The van der Waals surface area contributed by atoms with Crippen molar-refractivity contribution in [2.75, 3.05) is 18.0 Å². The molecule has 1 atom stereocenters. The van der Waals surface area contributed by atoms with Gasteiger partial charge in [-0.05, 0) is 24.6 Å². The largest absolute Gasteiger partial charge is 0.330 e. The molecule has 4 nitrogen and oxygen atoms in total. The van der Waals surface area contributed by atoms with Crippen molar-refractivity contribution in [1.82, 2.24) is 4.98 Å². The number of carbonyl (C=O) groups excluding carboxylic acids is 1. The Balaban J connectivity index is 2.17. The Labute approximate surface area is 82.7 Å². The van der Waals surface area contributed by atoms with Crippen LogP contribution in [0.3, 0.4) is 0 Å². The van der Waals surface area contributed by atoms with Crippen molar-refractivity contribution in [3.63, 3.8) is 0 Å². The van der Waals surface area contributed by atoms with Crippen LogP contribution in [0.1, 0.15) is 6.42 Å². The second-order valence-electron chi connectivity index (χ2n) is 3.52. The van der Waals surface area contributed by atoms with Crippen LogP contribution in [0, 0.1) is 5.92 Å². The number of aromatic nitrogens is 1. The number of hydrogen-bond donors (Lipinski definition) is 1. The van der Waals surface area contributed by atoms with E-state index >= 15 is 0 Å². The molecular weight excluding hydrogens is 178 g/mol. The summed E-state index contributed by atoms with van der Waals surface area (Å²) in [5.74, 6) is 0.460. The van der Waals surface area contributed by atoms with Crippen molar-refractivity contribution in [1.29, 1.82) is 0 Å². The van der Waals surface area contributed by atoms with Gasteiger partial charge in [-0.15, -0.1) is 0 Å². The standard InChI is InChI=1S/C10H13N3O/c11-6-8-5-10(14)13(7-8)9-1-3-12-4-2-9/h1-4,8H,5-7,11H2. The Kier molecular flexibility index (Phi) is 2.45. The monoisotopic (exact) mass is 191 g/mol. The third-order valence-corrected chi connectivity index (χ3v) is 2.51. The minimum absolute atomic E-state index is 0.159. The molecule has 1 fully saturated rings. The fraction of sp³-hybridized carbons (Fsp3) is 0.400. The maximum Gasteiger partial charge on any atom is 0.227 e. The van der Waals surface area contributed by atoms with E-state index in [1.165, 1.54) is 0 Å². The summed E-state index contributed by atoms with van der Waals surface area (Å²) in [6.07, 6.45) is 3.95. The highest BCUT2D eigenvalue weighted by Gasteiger charge is 2.29. The lowest BCUT2D eigenvalue weighted by Crippen LogP contribution is -2.25. The Morgan fingerprint density at radius 3 is 2.79 bits per heavy atom. The lowest BCUT2D eigenvalue weighted by atomic mass is 10.1. The number of anilines is 1. The highest BCUT2D eigenvalue weighted by molar-refractivity contribution is 5.95. The minimum Gasteiger partial charge on any atom is -0.330 e. The van der Waals surface area contributed by atoms with Crippen LogP contribution in [0.2, 0.25) is 0 Å². The lowest BCUT2D eigenvalue weighted by Gasteiger charge is -2.15. The zero-order chi connectivity index (χ0) is 9.97. The van der Waals surface area contributed by atoms with Crippen molar-refractivity contribution >= 4 is 11.6 Å². The SMILES string of the molecule is NCC1CC(=O)N(c2ccncc2)C1. The second-order valence-corrected chi connectivity index (χ2v) is 3.52. The Morgan fingerprint density at radius 1 is 1.50 bits per heavy atom. The molecule has 4 heteroatoms. The van der Waals surface area contributed by atoms with Gasteiger partial charge in [-0.1, -0.05) is 0 Å². The Morgan fingerprint density at radius 2 is 2.21 bits per heavy atom. The van der Waals surface area contributed by atoms with Crippen LogP contribution in [0.25, 0.3) is 0 Å². The van der Waals surface area contributed by atoms with Gasteiger partial charge in [-0.2, -0.15) is 0 Å². The summed E-state index contributed by atoms with van der Waals surface area (Å²) >= 11 is 0. The van der Waals surface area contributed by atoms with E-state index < -0.39 is 0 Å². The first kappa shape index (κ1) is 9.15. The molecule has 1 amide bonds. The quantitative estimate of drug-likeness (QED) is 0.735. The van der Waals surface area contributed by atoms with Gasteiger partial charge in [0, 0.05) is 31.0 Å². The molecule has 1 saturated heterocycles. The van der Waals surface area contributed by atoms with Crippen molar-refractivity contribution < 1.29 is 4.79 Å². The fourth-order valence-corrected chi connectivity index (χ4v) is 1.71. The molecule has 1 aliphatic rings. The van der Waals surface area contributed by atoms with Crippen LogP contribution in [-0.4, -0.2) is 24.0 Å². The summed E-state index contributed by atoms with van der Waals surface area (Å²) in [5.41, 5.74) is 6.46. The molecular formula is C10H13N3O. The average Bonchev–Trinajstić information content (AvgIpc) is 2.61. The van der Waals surface area contributed by atoms with Crippen molar-refractivity contribution in [2.24, 2.45) is 11.7 Å². The number of nitrogens with zero attached hydrogens (tertiary/aromatic N) is 2. The third kappa shape index (κ3) is 1.61. The van der Waals surface area contributed by atoms with Crippen LogP contribution in [-0.2, 0) is 4.79 Å². The topological polar surface area (TPSA) is 59.2 Å². The van der Waals surface area contributed by atoms with Crippen molar-refractivity contribution in [3.05, 3.63) is 24.5 Å². The molecule has 2 N–H and O–H groups in total. The molecule has 2 rings (SSSR count). The van der Waals surface area contributed by atoms with Gasteiger partial charge in [0.2, 0.25) is 5.91 Å². The molecule has 1 unspecified atom stereocenters. The predicted molar refractivity (Wildman–Crippen MR) is 53.8 cm³/mol. The maximum absolute atomic E-state index is 11.6. The number of rotatable bonds is 2. The van der Waals surface area contributed by atoms with Gasteiger partial charge < -0.3 is 10.6 Å². The number of carbonyl (C=O) groups is 1. The van der Waals surface area contributed by atoms with Gasteiger partial charge in [0.25, 0.3) is 0 Å². The summed E-state index contributed by atoms with van der Waals surface area (Å²) in [5, 5.41) is 0. The minimum atomic E-state index is 0.159. The van der Waals surface area contributed by atoms with Crippen molar-refractivity contribution in [3.8, 4) is 0 Å². The molecule has 1 aliphatic heterocycles. The molecule has 1 aromatic heterocycles. The van der Waals surface area contributed by atoms with Gasteiger partial charge in [0.05, 0.1) is 0 Å². The van der Waals surface area contributed by atoms with E-state index in [4.69, 9.17) is 5.73 Å². The average molecular weight is 191 g/mol. The second kappa shape index (κ2) is 3.75. The Bertz CT molecular complexity index is 325. The van der Waals surface area contributed by atoms with Gasteiger partial charge in [0.1, 0.15) is 0 Å². The van der Waals surface area contributed by atoms with Crippen LogP contribution < -0.4 is 10.6 Å². The molecule has 0 aliphatic carbocycles. The van der Waals surface area contributed by atoms with E-state index in [0.717, 1.165) is 12.2 Å². The number of hydrogen-bond acceptors (Lipinski definition) is 3. The first-order valence-electron chi connectivity index (χ1n) is 4.71. The first-order chi connectivity index (χ1) is 6.81. The molecule has 0 radical (unpaired) electrons. The van der Waals surface area contributed by atoms with Gasteiger partial charge in [-0.25, -0.2) is 0 Å². The molecule has 14 heavy (non-hydrogen) atoms. The highest BCUT2D eigenvalue weighted by Crippen LogP contribution is 2.23. The van der Waals surface area contributed by atoms with Crippen molar-refractivity contribution in [2.45, 2.75) is 6.42 Å². The maximum atomic E-state index is 11.6. The fourth-order valence-electron chi connectivity index (χ4n) is 1.71. The lowest BCUT2D eigenvalue weighted by molar-refractivity contribution is -0.117. The van der Waals surface area contributed by atoms with Crippen LogP contribution in [0.15, 0.2) is 24.5 Å². The van der Waals surface area contributed by atoms with E-state index in [1.54, 1.807) is 17.3 Å². The van der Waals surface area contributed by atoms with E-state index in [1.807, 2.05) is 12.1 Å². The van der Waals surface area contributed by atoms with E-state index in [9.17, 15) is 4.79 Å². The van der Waals surface area contributed by atoms with Crippen LogP contribution in [0.4, 0.5) is 5.69 Å². The molecule has 74 valence electrons. The Hall–Kier alpha value is -1.42. The molecule has 0 aromatic carbocycles. The predicted octanol–water partition coefficient (Wildman–Crippen LogP) is 0.393. The summed E-state index contributed by atoms with van der Waals surface area (Å²) in [6.45, 7) is 1.31.